The summed E-state index contributed by atoms with van der Waals surface area (Å²) < 4.78 is 28.3. The summed E-state index contributed by atoms with van der Waals surface area (Å²) in [7, 11) is 0. The number of anilines is 2. The van der Waals surface area contributed by atoms with Gasteiger partial charge in [-0.15, -0.1) is 0 Å². The van der Waals surface area contributed by atoms with Crippen LogP contribution in [0.4, 0.5) is 20.3 Å². The Morgan fingerprint density at radius 2 is 2.14 bits per heavy atom. The van der Waals surface area contributed by atoms with E-state index in [0.29, 0.717) is 0 Å². The molecule has 0 atom stereocenters. The fraction of sp³-hybridized carbons (Fsp3) is 0.333. The van der Waals surface area contributed by atoms with Crippen molar-refractivity contribution in [1.29, 1.82) is 0 Å². The van der Waals surface area contributed by atoms with Crippen LogP contribution < -0.4 is 10.2 Å². The molecule has 0 saturated heterocycles. The normalized spacial score (nSPS) is 13.9. The number of fused-ring (bicyclic) bond motifs is 1. The van der Waals surface area contributed by atoms with Gasteiger partial charge in [0.05, 0.1) is 17.9 Å². The van der Waals surface area contributed by atoms with Gasteiger partial charge in [-0.1, -0.05) is 0 Å². The van der Waals surface area contributed by atoms with Crippen molar-refractivity contribution in [2.45, 2.75) is 19.9 Å². The van der Waals surface area contributed by atoms with Gasteiger partial charge in [-0.05, 0) is 25.5 Å². The summed E-state index contributed by atoms with van der Waals surface area (Å²) in [5.74, 6) is -0.921. The van der Waals surface area contributed by atoms with Gasteiger partial charge in [-0.3, -0.25) is 4.79 Å². The van der Waals surface area contributed by atoms with Gasteiger partial charge in [-0.25, -0.2) is 13.5 Å². The molecule has 0 aliphatic carbocycles. The fourth-order valence-corrected chi connectivity index (χ4v) is 2.59. The Hall–Kier alpha value is -2.44. The highest BCUT2D eigenvalue weighted by molar-refractivity contribution is 5.94. The van der Waals surface area contributed by atoms with E-state index >= 15 is 0 Å². The summed E-state index contributed by atoms with van der Waals surface area (Å²) in [6.45, 7) is 3.57. The molecule has 22 heavy (non-hydrogen) atoms. The van der Waals surface area contributed by atoms with Crippen LogP contribution in [0.2, 0.25) is 0 Å². The minimum atomic E-state index is -0.784. The molecule has 1 N–H and O–H groups in total. The van der Waals surface area contributed by atoms with Gasteiger partial charge >= 0.3 is 0 Å². The molecule has 1 aliphatic rings. The van der Waals surface area contributed by atoms with Gasteiger partial charge in [0.2, 0.25) is 5.91 Å². The molecule has 116 valence electrons. The largest absolute Gasteiger partial charge is 0.347 e. The first-order chi connectivity index (χ1) is 10.5. The van der Waals surface area contributed by atoms with Crippen molar-refractivity contribution in [1.82, 2.24) is 9.78 Å². The zero-order valence-corrected chi connectivity index (χ0v) is 12.1. The number of hydrogen-bond acceptors (Lipinski definition) is 3. The Labute approximate surface area is 126 Å². The molecular formula is C15H16F2N4O. The van der Waals surface area contributed by atoms with Gasteiger partial charge in [0.1, 0.15) is 17.5 Å². The number of rotatable bonds is 3. The van der Waals surface area contributed by atoms with Crippen molar-refractivity contribution < 1.29 is 13.6 Å². The molecule has 0 saturated carbocycles. The number of nitrogens with one attached hydrogen (secondary N) is 1. The first-order valence-corrected chi connectivity index (χ1v) is 7.07. The Balaban J connectivity index is 1.70. The average molecular weight is 306 g/mol. The molecule has 1 aromatic carbocycles. The lowest BCUT2D eigenvalue weighted by atomic mass is 10.2. The lowest BCUT2D eigenvalue weighted by Crippen LogP contribution is -2.38. The molecule has 0 spiro atoms. The maximum Gasteiger partial charge on any atom is 0.244 e. The molecule has 7 heteroatoms. The maximum absolute atomic E-state index is 13.5. The van der Waals surface area contributed by atoms with E-state index in [4.69, 9.17) is 0 Å². The third-order valence-corrected chi connectivity index (χ3v) is 3.54. The predicted octanol–water partition coefficient (Wildman–Crippen LogP) is 2.32. The van der Waals surface area contributed by atoms with Gasteiger partial charge < -0.3 is 10.2 Å². The average Bonchev–Trinajstić information content (AvgIpc) is 2.83. The van der Waals surface area contributed by atoms with E-state index in [0.717, 1.165) is 43.2 Å². The first kappa shape index (κ1) is 14.5. The quantitative estimate of drug-likeness (QED) is 0.947. The molecule has 5 nitrogen and oxygen atoms in total. The molecule has 1 aromatic heterocycles. The number of carbonyl (C=O) groups is 1. The van der Waals surface area contributed by atoms with Gasteiger partial charge in [0.15, 0.2) is 0 Å². The molecule has 1 amide bonds. The zero-order valence-electron chi connectivity index (χ0n) is 12.1. The number of carbonyl (C=O) groups excluding carboxylic acids is 1. The van der Waals surface area contributed by atoms with Crippen LogP contribution in [0.5, 0.6) is 0 Å². The fourth-order valence-electron chi connectivity index (χ4n) is 2.59. The highest BCUT2D eigenvalue weighted by Crippen LogP contribution is 2.21. The summed E-state index contributed by atoms with van der Waals surface area (Å²) in [5.41, 5.74) is 0.875. The minimum Gasteiger partial charge on any atom is -0.347 e. The van der Waals surface area contributed by atoms with Crippen LogP contribution in [-0.2, 0) is 11.3 Å². The van der Waals surface area contributed by atoms with E-state index in [-0.39, 0.29) is 18.1 Å². The molecule has 0 fully saturated rings. The second-order valence-electron chi connectivity index (χ2n) is 5.31. The second-order valence-corrected chi connectivity index (χ2v) is 5.31. The Morgan fingerprint density at radius 1 is 1.32 bits per heavy atom. The van der Waals surface area contributed by atoms with E-state index in [1.807, 2.05) is 22.6 Å². The Morgan fingerprint density at radius 3 is 2.91 bits per heavy atom. The topological polar surface area (TPSA) is 50.2 Å². The lowest BCUT2D eigenvalue weighted by molar-refractivity contribution is -0.115. The standard InChI is InChI=1S/C15H16F2N4O/c1-10-7-15-20(5-2-6-21(15)19-10)9-14(22)18-13-4-3-11(16)8-12(13)17/h3-4,7-8H,2,5-6,9H2,1H3,(H,18,22). The Kier molecular flexibility index (Phi) is 3.79. The monoisotopic (exact) mass is 306 g/mol. The lowest BCUT2D eigenvalue weighted by Gasteiger charge is -2.28. The van der Waals surface area contributed by atoms with E-state index in [1.54, 1.807) is 0 Å². The second kappa shape index (κ2) is 5.75. The van der Waals surface area contributed by atoms with E-state index in [9.17, 15) is 13.6 Å². The minimum absolute atomic E-state index is 0.0203. The van der Waals surface area contributed by atoms with Crippen LogP contribution in [-0.4, -0.2) is 28.8 Å². The van der Waals surface area contributed by atoms with Gasteiger partial charge in [0.25, 0.3) is 0 Å². The number of aryl methyl sites for hydroxylation is 2. The maximum atomic E-state index is 13.5. The number of benzene rings is 1. The predicted molar refractivity (Wildman–Crippen MR) is 78.8 cm³/mol. The number of halogens is 2. The van der Waals surface area contributed by atoms with E-state index in [1.165, 1.54) is 6.07 Å². The smallest absolute Gasteiger partial charge is 0.244 e. The summed E-state index contributed by atoms with van der Waals surface area (Å²) >= 11 is 0. The molecule has 2 aromatic rings. The SMILES string of the molecule is Cc1cc2n(n1)CCCN2CC(=O)Nc1ccc(F)cc1F. The molecule has 0 bridgehead atoms. The highest BCUT2D eigenvalue weighted by atomic mass is 19.1. The highest BCUT2D eigenvalue weighted by Gasteiger charge is 2.21. The van der Waals surface area contributed by atoms with Crippen molar-refractivity contribution in [2.24, 2.45) is 0 Å². The summed E-state index contributed by atoms with van der Waals surface area (Å²) in [6.07, 6.45) is 0.895. The molecule has 3 rings (SSSR count). The van der Waals surface area contributed by atoms with Crippen LogP contribution >= 0.6 is 0 Å². The third kappa shape index (κ3) is 2.93. The van der Waals surface area contributed by atoms with E-state index < -0.39 is 11.6 Å². The third-order valence-electron chi connectivity index (χ3n) is 3.54. The van der Waals surface area contributed by atoms with Crippen LogP contribution in [0, 0.1) is 18.6 Å². The van der Waals surface area contributed by atoms with Crippen LogP contribution in [0.3, 0.4) is 0 Å². The van der Waals surface area contributed by atoms with Crippen molar-refractivity contribution in [3.63, 3.8) is 0 Å². The van der Waals surface area contributed by atoms with Gasteiger partial charge in [0, 0.05) is 25.2 Å². The summed E-state index contributed by atoms with van der Waals surface area (Å²) in [4.78, 5) is 14.0. The van der Waals surface area contributed by atoms with Crippen molar-refractivity contribution in [3.05, 3.63) is 41.6 Å². The Bertz CT molecular complexity index is 714. The molecule has 0 radical (unpaired) electrons. The number of amides is 1. The van der Waals surface area contributed by atoms with Crippen LogP contribution in [0.15, 0.2) is 24.3 Å². The molecule has 0 unspecified atom stereocenters. The van der Waals surface area contributed by atoms with Crippen LogP contribution in [0.1, 0.15) is 12.1 Å². The first-order valence-electron chi connectivity index (χ1n) is 7.07. The van der Waals surface area contributed by atoms with Crippen molar-refractivity contribution in [3.8, 4) is 0 Å². The molecule has 2 heterocycles. The van der Waals surface area contributed by atoms with Gasteiger partial charge in [-0.2, -0.15) is 5.10 Å². The van der Waals surface area contributed by atoms with Crippen molar-refractivity contribution in [2.75, 3.05) is 23.3 Å². The molecule has 1 aliphatic heterocycles. The molecular weight excluding hydrogens is 290 g/mol. The van der Waals surface area contributed by atoms with E-state index in [2.05, 4.69) is 10.4 Å². The van der Waals surface area contributed by atoms with Crippen molar-refractivity contribution >= 4 is 17.4 Å². The number of nitrogens with zero attached hydrogens (tertiary/aromatic N) is 3. The summed E-state index contributed by atoms with van der Waals surface area (Å²) in [6, 6.07) is 4.99. The number of aromatic nitrogens is 2. The van der Waals surface area contributed by atoms with Crippen LogP contribution in [0.25, 0.3) is 0 Å². The number of hydrogen-bond donors (Lipinski definition) is 1. The zero-order chi connectivity index (χ0) is 15.7. The summed E-state index contributed by atoms with van der Waals surface area (Å²) in [5, 5.41) is 6.83.